The number of nitrogens with zero attached hydrogens (tertiary/aromatic N) is 2. The van der Waals surface area contributed by atoms with Crippen molar-refractivity contribution in [2.75, 3.05) is 0 Å². The van der Waals surface area contributed by atoms with E-state index < -0.39 is 11.9 Å². The van der Waals surface area contributed by atoms with Gasteiger partial charge in [0, 0.05) is 25.0 Å². The number of ether oxygens (including phenoxy) is 2. The summed E-state index contributed by atoms with van der Waals surface area (Å²) in [6.07, 6.45) is 0. The molecule has 0 radical (unpaired) electrons. The van der Waals surface area contributed by atoms with E-state index in [9.17, 15) is 9.59 Å². The molecule has 0 heterocycles. The second-order valence-electron chi connectivity index (χ2n) is 4.98. The standard InChI is InChI=1S/C17H16N3O4/c1-10-15(23-11(2)21)9-14(13-7-5-4-6-8-13)17(24-12(3)22)16(10)19-20-18/h4-9,18H,1-3H3/q+1. The minimum Gasteiger partial charge on any atom is -0.426 e. The molecule has 24 heavy (non-hydrogen) atoms. The van der Waals surface area contributed by atoms with E-state index in [2.05, 4.69) is 10.0 Å². The van der Waals surface area contributed by atoms with Crippen molar-refractivity contribution in [3.8, 4) is 22.6 Å². The molecule has 0 aromatic heterocycles. The van der Waals surface area contributed by atoms with E-state index in [0.29, 0.717) is 11.1 Å². The zero-order valence-corrected chi connectivity index (χ0v) is 13.5. The Bertz CT molecular complexity index is 841. The van der Waals surface area contributed by atoms with E-state index in [4.69, 9.17) is 15.0 Å². The predicted molar refractivity (Wildman–Crippen MR) is 86.2 cm³/mol. The third-order valence-electron chi connectivity index (χ3n) is 3.19. The first-order valence-electron chi connectivity index (χ1n) is 7.11. The topological polar surface area (TPSA) is 103 Å². The molecule has 7 heteroatoms. The molecule has 2 aromatic carbocycles. The number of hydrogen-bond donors (Lipinski definition) is 1. The lowest BCUT2D eigenvalue weighted by Crippen LogP contribution is -2.07. The van der Waals surface area contributed by atoms with Crippen LogP contribution in [0.3, 0.4) is 0 Å². The number of hydrogen-bond acceptors (Lipinski definition) is 6. The van der Waals surface area contributed by atoms with Gasteiger partial charge in [0.25, 0.3) is 0 Å². The Morgan fingerprint density at radius 3 is 2.25 bits per heavy atom. The highest BCUT2D eigenvalue weighted by Gasteiger charge is 2.24. The zero-order valence-electron chi connectivity index (χ0n) is 13.5. The number of carbonyl (C=O) groups excluding carboxylic acids is 2. The molecule has 0 bridgehead atoms. The van der Waals surface area contributed by atoms with Gasteiger partial charge in [0.15, 0.2) is 10.9 Å². The maximum absolute atomic E-state index is 11.5. The molecular weight excluding hydrogens is 310 g/mol. The average Bonchev–Trinajstić information content (AvgIpc) is 2.53. The van der Waals surface area contributed by atoms with Gasteiger partial charge >= 0.3 is 11.9 Å². The van der Waals surface area contributed by atoms with Gasteiger partial charge in [-0.05, 0) is 18.6 Å². The molecule has 0 spiro atoms. The van der Waals surface area contributed by atoms with Crippen LogP contribution in [0.25, 0.3) is 11.1 Å². The second-order valence-corrected chi connectivity index (χ2v) is 4.98. The summed E-state index contributed by atoms with van der Waals surface area (Å²) in [4.78, 5) is 25.9. The molecule has 2 rings (SSSR count). The van der Waals surface area contributed by atoms with Crippen molar-refractivity contribution in [3.05, 3.63) is 42.0 Å². The normalized spacial score (nSPS) is 9.79. The summed E-state index contributed by atoms with van der Waals surface area (Å²) in [7, 11) is 0. The van der Waals surface area contributed by atoms with Gasteiger partial charge in [-0.1, -0.05) is 30.3 Å². The van der Waals surface area contributed by atoms with Crippen LogP contribution in [0.5, 0.6) is 11.5 Å². The van der Waals surface area contributed by atoms with Gasteiger partial charge in [0.1, 0.15) is 11.3 Å². The number of rotatable bonds is 4. The monoisotopic (exact) mass is 326 g/mol. The molecule has 0 aliphatic rings. The molecule has 0 saturated carbocycles. The van der Waals surface area contributed by atoms with Crippen molar-refractivity contribution >= 4 is 17.6 Å². The van der Waals surface area contributed by atoms with Gasteiger partial charge < -0.3 is 9.47 Å². The molecule has 1 N–H and O–H groups in total. The first kappa shape index (κ1) is 17.1. The van der Waals surface area contributed by atoms with Crippen LogP contribution in [0.2, 0.25) is 0 Å². The lowest BCUT2D eigenvalue weighted by atomic mass is 10.00. The fraction of sp³-hybridized carbons (Fsp3) is 0.176. The zero-order chi connectivity index (χ0) is 17.7. The quantitative estimate of drug-likeness (QED) is 0.400. The summed E-state index contributed by atoms with van der Waals surface area (Å²) in [5, 5.41) is 3.74. The van der Waals surface area contributed by atoms with Crippen LogP contribution in [0.1, 0.15) is 19.4 Å². The van der Waals surface area contributed by atoms with E-state index >= 15 is 0 Å². The van der Waals surface area contributed by atoms with E-state index in [-0.39, 0.29) is 17.2 Å². The molecule has 0 unspecified atom stereocenters. The van der Waals surface area contributed by atoms with E-state index in [0.717, 1.165) is 5.56 Å². The molecule has 7 nitrogen and oxygen atoms in total. The summed E-state index contributed by atoms with van der Waals surface area (Å²) >= 11 is 0. The smallest absolute Gasteiger partial charge is 0.308 e. The van der Waals surface area contributed by atoms with Crippen LogP contribution < -0.4 is 14.4 Å². The van der Waals surface area contributed by atoms with Gasteiger partial charge in [0.2, 0.25) is 10.6 Å². The van der Waals surface area contributed by atoms with Crippen LogP contribution in [-0.2, 0) is 9.59 Å². The second kappa shape index (κ2) is 7.30. The van der Waals surface area contributed by atoms with Crippen LogP contribution >= 0.6 is 0 Å². The number of esters is 2. The fourth-order valence-corrected chi connectivity index (χ4v) is 2.23. The molecule has 0 atom stereocenters. The highest BCUT2D eigenvalue weighted by Crippen LogP contribution is 2.45. The van der Waals surface area contributed by atoms with E-state index in [1.165, 1.54) is 13.8 Å². The Morgan fingerprint density at radius 1 is 1.08 bits per heavy atom. The van der Waals surface area contributed by atoms with Crippen molar-refractivity contribution in [1.82, 2.24) is 4.91 Å². The van der Waals surface area contributed by atoms with Crippen LogP contribution in [0.4, 0.5) is 5.69 Å². The Kier molecular flexibility index (Phi) is 5.19. The van der Waals surface area contributed by atoms with Gasteiger partial charge in [-0.2, -0.15) is 0 Å². The van der Waals surface area contributed by atoms with Crippen molar-refractivity contribution in [1.29, 1.82) is 5.53 Å². The Balaban J connectivity index is 2.82. The molecule has 0 fully saturated rings. The van der Waals surface area contributed by atoms with Crippen molar-refractivity contribution in [2.24, 2.45) is 5.11 Å². The Hall–Kier alpha value is -3.31. The first-order valence-corrected chi connectivity index (χ1v) is 7.11. The maximum atomic E-state index is 11.5. The lowest BCUT2D eigenvalue weighted by Gasteiger charge is -2.15. The van der Waals surface area contributed by atoms with Crippen molar-refractivity contribution in [2.45, 2.75) is 20.8 Å². The van der Waals surface area contributed by atoms with Crippen LogP contribution in [0, 0.1) is 12.5 Å². The summed E-state index contributed by atoms with van der Waals surface area (Å²) in [5.74, 6) is -0.600. The summed E-state index contributed by atoms with van der Waals surface area (Å²) in [6.45, 7) is 4.20. The lowest BCUT2D eigenvalue weighted by molar-refractivity contribution is -0.133. The molecule has 122 valence electrons. The molecule has 0 amide bonds. The average molecular weight is 326 g/mol. The Labute approximate surface area is 138 Å². The highest BCUT2D eigenvalue weighted by molar-refractivity contribution is 5.86. The molecule has 0 saturated heterocycles. The molecule has 2 aromatic rings. The minimum absolute atomic E-state index is 0.165. The van der Waals surface area contributed by atoms with E-state index in [1.807, 2.05) is 30.3 Å². The van der Waals surface area contributed by atoms with Crippen LogP contribution in [0.15, 0.2) is 41.5 Å². The number of nitrogens with one attached hydrogen (secondary N) is 1. The van der Waals surface area contributed by atoms with Crippen molar-refractivity contribution in [3.63, 3.8) is 0 Å². The van der Waals surface area contributed by atoms with Gasteiger partial charge in [-0.15, -0.1) is 0 Å². The highest BCUT2D eigenvalue weighted by atomic mass is 16.5. The van der Waals surface area contributed by atoms with Gasteiger partial charge in [0.05, 0.1) is 0 Å². The predicted octanol–water partition coefficient (Wildman–Crippen LogP) is 3.69. The summed E-state index contributed by atoms with van der Waals surface area (Å²) in [5.41, 5.74) is 8.87. The SMILES string of the molecule is CC(=O)Oc1cc(-c2ccccc2)c(OC(C)=O)c(N=[N+]=N)c1C. The minimum atomic E-state index is -0.534. The number of benzene rings is 2. The molecule has 0 aliphatic heterocycles. The first-order chi connectivity index (χ1) is 11.4. The Morgan fingerprint density at radius 2 is 1.71 bits per heavy atom. The molecule has 0 aliphatic carbocycles. The maximum Gasteiger partial charge on any atom is 0.308 e. The van der Waals surface area contributed by atoms with Gasteiger partial charge in [-0.25, -0.2) is 0 Å². The summed E-state index contributed by atoms with van der Waals surface area (Å²) in [6, 6.07) is 10.7. The fourth-order valence-electron chi connectivity index (χ4n) is 2.23. The third kappa shape index (κ3) is 3.71. The van der Waals surface area contributed by atoms with E-state index in [1.54, 1.807) is 13.0 Å². The molecular formula is C17H16N3O4+. The summed E-state index contributed by atoms with van der Waals surface area (Å²) < 4.78 is 10.5. The number of carbonyl (C=O) groups is 2. The van der Waals surface area contributed by atoms with Crippen molar-refractivity contribution < 1.29 is 19.1 Å². The van der Waals surface area contributed by atoms with Gasteiger partial charge in [-0.3, -0.25) is 9.59 Å². The largest absolute Gasteiger partial charge is 0.426 e. The van der Waals surface area contributed by atoms with Crippen LogP contribution in [-0.4, -0.2) is 11.9 Å². The third-order valence-corrected chi connectivity index (χ3v) is 3.19.